The molecular weight excluding hydrogens is 399 g/mol. The van der Waals surface area contributed by atoms with E-state index < -0.39 is 23.2 Å². The predicted octanol–water partition coefficient (Wildman–Crippen LogP) is 5.49. The average molecular weight is 413 g/mol. The first-order valence-corrected chi connectivity index (χ1v) is 9.40. The van der Waals surface area contributed by atoms with Crippen molar-refractivity contribution in [2.75, 3.05) is 5.32 Å². The first-order valence-electron chi connectivity index (χ1n) is 8.58. The standard InChI is InChI=1S/C21H14F3N3OS/c1-27-17(11-16(26-27)12-5-2-3-6-13(12)22)18-9-10-19(29-18)21(28)25-20-14(23)7-4-8-15(20)24/h2-11H,1H3,(H,25,28). The van der Waals surface area contributed by atoms with Crippen LogP contribution in [0.4, 0.5) is 18.9 Å². The lowest BCUT2D eigenvalue weighted by molar-refractivity contribution is 0.102. The molecule has 0 fully saturated rings. The molecule has 4 nitrogen and oxygen atoms in total. The van der Waals surface area contributed by atoms with Crippen molar-refractivity contribution < 1.29 is 18.0 Å². The minimum atomic E-state index is -0.851. The van der Waals surface area contributed by atoms with Crippen LogP contribution in [0.15, 0.2) is 60.7 Å². The second-order valence-electron chi connectivity index (χ2n) is 6.23. The number of para-hydroxylation sites is 1. The smallest absolute Gasteiger partial charge is 0.265 e. The van der Waals surface area contributed by atoms with E-state index in [9.17, 15) is 18.0 Å². The molecule has 29 heavy (non-hydrogen) atoms. The van der Waals surface area contributed by atoms with Gasteiger partial charge in [0.05, 0.1) is 21.1 Å². The Hall–Kier alpha value is -3.39. The molecule has 0 spiro atoms. The molecule has 0 unspecified atom stereocenters. The summed E-state index contributed by atoms with van der Waals surface area (Å²) in [6.07, 6.45) is 0. The van der Waals surface area contributed by atoms with Crippen LogP contribution in [0.5, 0.6) is 0 Å². The molecule has 0 saturated carbocycles. The Kier molecular flexibility index (Phi) is 4.94. The maximum Gasteiger partial charge on any atom is 0.265 e. The minimum Gasteiger partial charge on any atom is -0.316 e. The lowest BCUT2D eigenvalue weighted by atomic mass is 10.1. The van der Waals surface area contributed by atoms with Gasteiger partial charge in [0, 0.05) is 12.6 Å². The zero-order valence-electron chi connectivity index (χ0n) is 15.1. The molecule has 1 N–H and O–H groups in total. The summed E-state index contributed by atoms with van der Waals surface area (Å²) in [5.74, 6) is -2.70. The Bertz CT molecular complexity index is 1200. The van der Waals surface area contributed by atoms with Gasteiger partial charge >= 0.3 is 0 Å². The number of hydrogen-bond acceptors (Lipinski definition) is 3. The van der Waals surface area contributed by atoms with Gasteiger partial charge in [0.25, 0.3) is 5.91 Å². The van der Waals surface area contributed by atoms with Crippen LogP contribution in [-0.4, -0.2) is 15.7 Å². The molecule has 2 aromatic carbocycles. The number of nitrogens with one attached hydrogen (secondary N) is 1. The summed E-state index contributed by atoms with van der Waals surface area (Å²) < 4.78 is 43.1. The van der Waals surface area contributed by atoms with Gasteiger partial charge in [0.2, 0.25) is 0 Å². The number of nitrogens with zero attached hydrogens (tertiary/aromatic N) is 2. The molecule has 0 radical (unpaired) electrons. The van der Waals surface area contributed by atoms with Crippen molar-refractivity contribution in [3.05, 3.63) is 83.0 Å². The van der Waals surface area contributed by atoms with E-state index in [0.717, 1.165) is 23.5 Å². The van der Waals surface area contributed by atoms with Crippen LogP contribution in [-0.2, 0) is 7.05 Å². The van der Waals surface area contributed by atoms with Crippen molar-refractivity contribution in [1.82, 2.24) is 9.78 Å². The van der Waals surface area contributed by atoms with Gasteiger partial charge in [0.1, 0.15) is 23.1 Å². The number of rotatable bonds is 4. The fourth-order valence-corrected chi connectivity index (χ4v) is 3.84. The predicted molar refractivity (Wildman–Crippen MR) is 106 cm³/mol. The molecule has 4 aromatic rings. The minimum absolute atomic E-state index is 0.274. The summed E-state index contributed by atoms with van der Waals surface area (Å²) in [4.78, 5) is 13.4. The number of anilines is 1. The summed E-state index contributed by atoms with van der Waals surface area (Å²) in [6, 6.07) is 14.7. The number of carbonyl (C=O) groups excluding carboxylic acids is 1. The number of aromatic nitrogens is 2. The van der Waals surface area contributed by atoms with E-state index in [0.29, 0.717) is 21.8 Å². The monoisotopic (exact) mass is 413 g/mol. The van der Waals surface area contributed by atoms with Crippen LogP contribution in [0.25, 0.3) is 21.8 Å². The highest BCUT2D eigenvalue weighted by atomic mass is 32.1. The van der Waals surface area contributed by atoms with Gasteiger partial charge in [-0.3, -0.25) is 9.48 Å². The Balaban J connectivity index is 1.61. The van der Waals surface area contributed by atoms with Crippen LogP contribution >= 0.6 is 11.3 Å². The second-order valence-corrected chi connectivity index (χ2v) is 7.32. The van der Waals surface area contributed by atoms with Crippen molar-refractivity contribution >= 4 is 22.9 Å². The topological polar surface area (TPSA) is 46.9 Å². The third-order valence-corrected chi connectivity index (χ3v) is 5.42. The number of aryl methyl sites for hydroxylation is 1. The molecular formula is C21H14F3N3OS. The molecule has 0 bridgehead atoms. The molecule has 1 amide bonds. The molecule has 146 valence electrons. The van der Waals surface area contributed by atoms with Gasteiger partial charge in [-0.15, -0.1) is 11.3 Å². The fraction of sp³-hybridized carbons (Fsp3) is 0.0476. The SMILES string of the molecule is Cn1nc(-c2ccccc2F)cc1-c1ccc(C(=O)Nc2c(F)cccc2F)s1. The molecule has 8 heteroatoms. The first-order chi connectivity index (χ1) is 13.9. The largest absolute Gasteiger partial charge is 0.316 e. The highest BCUT2D eigenvalue weighted by Crippen LogP contribution is 2.32. The van der Waals surface area contributed by atoms with Crippen LogP contribution < -0.4 is 5.32 Å². The molecule has 0 saturated heterocycles. The second kappa shape index (κ2) is 7.56. The van der Waals surface area contributed by atoms with Crippen molar-refractivity contribution in [2.24, 2.45) is 7.05 Å². The highest BCUT2D eigenvalue weighted by Gasteiger charge is 2.18. The molecule has 2 heterocycles. The van der Waals surface area contributed by atoms with E-state index in [1.54, 1.807) is 48.1 Å². The zero-order valence-corrected chi connectivity index (χ0v) is 15.9. The number of benzene rings is 2. The summed E-state index contributed by atoms with van der Waals surface area (Å²) in [7, 11) is 1.72. The van der Waals surface area contributed by atoms with Crippen LogP contribution in [0.1, 0.15) is 9.67 Å². The third-order valence-electron chi connectivity index (χ3n) is 4.31. The normalized spacial score (nSPS) is 10.9. The van der Waals surface area contributed by atoms with Crippen LogP contribution in [0.2, 0.25) is 0 Å². The van der Waals surface area contributed by atoms with Gasteiger partial charge in [-0.05, 0) is 42.5 Å². The van der Waals surface area contributed by atoms with Crippen molar-refractivity contribution in [1.29, 1.82) is 0 Å². The van der Waals surface area contributed by atoms with Gasteiger partial charge in [0.15, 0.2) is 0 Å². The Labute approximate surface area is 168 Å². The van der Waals surface area contributed by atoms with Gasteiger partial charge in [-0.25, -0.2) is 13.2 Å². The average Bonchev–Trinajstić information content (AvgIpc) is 3.32. The van der Waals surface area contributed by atoms with Crippen LogP contribution in [0.3, 0.4) is 0 Å². The molecule has 0 atom stereocenters. The van der Waals surface area contributed by atoms with Gasteiger partial charge in [-0.2, -0.15) is 5.10 Å². The first kappa shape index (κ1) is 18.9. The maximum atomic E-state index is 14.0. The van der Waals surface area contributed by atoms with Crippen molar-refractivity contribution in [2.45, 2.75) is 0 Å². The van der Waals surface area contributed by atoms with Gasteiger partial charge < -0.3 is 5.32 Å². The van der Waals surface area contributed by atoms with E-state index in [1.165, 1.54) is 12.1 Å². The summed E-state index contributed by atoms with van der Waals surface area (Å²) in [6.45, 7) is 0. The number of halogens is 3. The van der Waals surface area contributed by atoms with Gasteiger partial charge in [-0.1, -0.05) is 18.2 Å². The Morgan fingerprint density at radius 3 is 2.38 bits per heavy atom. The zero-order chi connectivity index (χ0) is 20.5. The Morgan fingerprint density at radius 1 is 0.966 bits per heavy atom. The van der Waals surface area contributed by atoms with E-state index in [1.807, 2.05) is 0 Å². The molecule has 0 aliphatic heterocycles. The van der Waals surface area contributed by atoms with E-state index in [2.05, 4.69) is 10.4 Å². The number of hydrogen-bond donors (Lipinski definition) is 1. The van der Waals surface area contributed by atoms with E-state index in [-0.39, 0.29) is 10.7 Å². The van der Waals surface area contributed by atoms with Crippen molar-refractivity contribution in [3.8, 4) is 21.8 Å². The summed E-state index contributed by atoms with van der Waals surface area (Å²) in [5.41, 5.74) is 1.03. The Morgan fingerprint density at radius 2 is 1.66 bits per heavy atom. The fourth-order valence-electron chi connectivity index (χ4n) is 2.89. The molecule has 4 rings (SSSR count). The van der Waals surface area contributed by atoms with E-state index in [4.69, 9.17) is 0 Å². The third kappa shape index (κ3) is 3.66. The summed E-state index contributed by atoms with van der Waals surface area (Å²) >= 11 is 1.14. The quantitative estimate of drug-likeness (QED) is 0.481. The lowest BCUT2D eigenvalue weighted by Crippen LogP contribution is -2.12. The van der Waals surface area contributed by atoms with E-state index >= 15 is 0 Å². The highest BCUT2D eigenvalue weighted by molar-refractivity contribution is 7.17. The molecule has 0 aliphatic rings. The number of amides is 1. The maximum absolute atomic E-state index is 14.0. The van der Waals surface area contributed by atoms with Crippen LogP contribution in [0, 0.1) is 17.5 Å². The molecule has 0 aliphatic carbocycles. The number of carbonyl (C=O) groups is 1. The number of thiophene rings is 1. The van der Waals surface area contributed by atoms with Crippen molar-refractivity contribution in [3.63, 3.8) is 0 Å². The summed E-state index contributed by atoms with van der Waals surface area (Å²) in [5, 5.41) is 6.61. The lowest BCUT2D eigenvalue weighted by Gasteiger charge is -2.05. The molecule has 2 aromatic heterocycles.